The number of hydrogen-bond donors (Lipinski definition) is 1. The van der Waals surface area contributed by atoms with Gasteiger partial charge >= 0.3 is 0 Å². The van der Waals surface area contributed by atoms with Crippen LogP contribution in [0.2, 0.25) is 5.02 Å². The molecule has 33 heavy (non-hydrogen) atoms. The number of nitrogens with one attached hydrogen (secondary N) is 1. The van der Waals surface area contributed by atoms with E-state index in [0.717, 1.165) is 26.6 Å². The van der Waals surface area contributed by atoms with Crippen LogP contribution >= 0.6 is 23.4 Å². The maximum absolute atomic E-state index is 13.4. The van der Waals surface area contributed by atoms with Crippen molar-refractivity contribution in [3.8, 4) is 0 Å². The first-order valence-electron chi connectivity index (χ1n) is 10.8. The Morgan fingerprint density at radius 3 is 2.58 bits per heavy atom. The van der Waals surface area contributed by atoms with E-state index in [0.29, 0.717) is 16.3 Å². The molecule has 3 aromatic carbocycles. The minimum Gasteiger partial charge on any atom is -0.349 e. The predicted octanol–water partition coefficient (Wildman–Crippen LogP) is 7.28. The molecule has 0 unspecified atom stereocenters. The lowest BCUT2D eigenvalue weighted by molar-refractivity contribution is -0.0399. The quantitative estimate of drug-likeness (QED) is 0.333. The maximum atomic E-state index is 13.4. The van der Waals surface area contributed by atoms with Crippen LogP contribution in [0.5, 0.6) is 0 Å². The number of rotatable bonds is 3. The first-order valence-corrected chi connectivity index (χ1v) is 12.0. The molecule has 1 amide bonds. The van der Waals surface area contributed by atoms with Crippen LogP contribution in [0, 0.1) is 0 Å². The number of carbonyl (C=O) groups is 1. The molecule has 1 saturated carbocycles. The van der Waals surface area contributed by atoms with Crippen LogP contribution in [0.25, 0.3) is 0 Å². The van der Waals surface area contributed by atoms with Crippen molar-refractivity contribution in [1.29, 1.82) is 0 Å². The van der Waals surface area contributed by atoms with Crippen LogP contribution < -0.4 is 5.32 Å². The van der Waals surface area contributed by atoms with Gasteiger partial charge in [0.25, 0.3) is 5.91 Å². The van der Waals surface area contributed by atoms with Crippen molar-refractivity contribution in [2.24, 2.45) is 4.99 Å². The minimum absolute atomic E-state index is 0.190. The second-order valence-corrected chi connectivity index (χ2v) is 9.88. The number of alkyl halides is 2. The third-order valence-corrected chi connectivity index (χ3v) is 7.34. The Bertz CT molecular complexity index is 1250. The number of hydrogen-bond acceptors (Lipinski definition) is 3. The molecule has 0 saturated heterocycles. The summed E-state index contributed by atoms with van der Waals surface area (Å²) in [5.74, 6) is -2.89. The molecule has 0 spiro atoms. The molecule has 0 aromatic heterocycles. The zero-order valence-corrected chi connectivity index (χ0v) is 19.2. The molecule has 1 aliphatic carbocycles. The highest BCUT2D eigenvalue weighted by atomic mass is 35.5. The zero-order chi connectivity index (χ0) is 23.0. The molecule has 3 aromatic rings. The second kappa shape index (κ2) is 8.92. The standard InChI is InChI=1S/C26H21ClF2N2OS/c27-18-5-3-4-16(14-18)24-20-6-1-2-7-22(20)33-23-9-8-17(15-21(23)31-24)25(32)30-19-10-12-26(28,29)13-11-19/h1-9,14-15,19H,10-13H2,(H,30,32). The summed E-state index contributed by atoms with van der Waals surface area (Å²) in [7, 11) is 0. The van der Waals surface area contributed by atoms with Gasteiger partial charge in [0.1, 0.15) is 0 Å². The molecule has 1 N–H and O–H groups in total. The van der Waals surface area contributed by atoms with E-state index in [4.69, 9.17) is 16.6 Å². The summed E-state index contributed by atoms with van der Waals surface area (Å²) in [5, 5.41) is 3.54. The number of aliphatic imine (C=N–C) groups is 1. The van der Waals surface area contributed by atoms with Gasteiger partial charge in [0.15, 0.2) is 0 Å². The Balaban J connectivity index is 1.48. The largest absolute Gasteiger partial charge is 0.349 e. The molecule has 1 heterocycles. The van der Waals surface area contributed by atoms with Crippen molar-refractivity contribution in [1.82, 2.24) is 5.32 Å². The zero-order valence-electron chi connectivity index (χ0n) is 17.7. The first kappa shape index (κ1) is 22.1. The lowest BCUT2D eigenvalue weighted by atomic mass is 9.92. The molecule has 7 heteroatoms. The van der Waals surface area contributed by atoms with E-state index in [2.05, 4.69) is 11.4 Å². The van der Waals surface area contributed by atoms with Crippen molar-refractivity contribution in [3.63, 3.8) is 0 Å². The van der Waals surface area contributed by atoms with E-state index >= 15 is 0 Å². The Labute approximate surface area is 200 Å². The van der Waals surface area contributed by atoms with Crippen molar-refractivity contribution < 1.29 is 13.6 Å². The SMILES string of the molecule is O=C(NC1CCC(F)(F)CC1)c1ccc2c(c1)N=C(c1cccc(Cl)c1)c1ccccc1S2. The molecular weight excluding hydrogens is 462 g/mol. The lowest BCUT2D eigenvalue weighted by Gasteiger charge is -2.28. The van der Waals surface area contributed by atoms with E-state index in [1.165, 1.54) is 0 Å². The molecular formula is C26H21ClF2N2OS. The topological polar surface area (TPSA) is 41.5 Å². The third kappa shape index (κ3) is 4.82. The molecule has 1 fully saturated rings. The first-order chi connectivity index (χ1) is 15.9. The highest BCUT2D eigenvalue weighted by Gasteiger charge is 2.35. The van der Waals surface area contributed by atoms with Crippen molar-refractivity contribution in [2.75, 3.05) is 0 Å². The van der Waals surface area contributed by atoms with Gasteiger partial charge in [-0.05, 0) is 49.2 Å². The molecule has 168 valence electrons. The van der Waals surface area contributed by atoms with Gasteiger partial charge in [-0.3, -0.25) is 4.79 Å². The van der Waals surface area contributed by atoms with E-state index in [-0.39, 0.29) is 37.6 Å². The lowest BCUT2D eigenvalue weighted by Crippen LogP contribution is -2.40. The smallest absolute Gasteiger partial charge is 0.251 e. The Hall–Kier alpha value is -2.70. The summed E-state index contributed by atoms with van der Waals surface area (Å²) in [5.41, 5.74) is 3.82. The number of carbonyl (C=O) groups excluding carboxylic acids is 1. The average molecular weight is 483 g/mol. The molecule has 0 bridgehead atoms. The summed E-state index contributed by atoms with van der Waals surface area (Å²) >= 11 is 7.85. The highest BCUT2D eigenvalue weighted by Crippen LogP contribution is 2.42. The molecule has 1 aliphatic heterocycles. The van der Waals surface area contributed by atoms with E-state index < -0.39 is 5.92 Å². The Kier molecular flexibility index (Phi) is 5.97. The summed E-state index contributed by atoms with van der Waals surface area (Å²) in [6.07, 6.45) is 0.187. The minimum atomic E-state index is -2.62. The van der Waals surface area contributed by atoms with Crippen molar-refractivity contribution in [2.45, 2.75) is 47.4 Å². The van der Waals surface area contributed by atoms with Crippen LogP contribution in [0.15, 0.2) is 81.5 Å². The predicted molar refractivity (Wildman–Crippen MR) is 128 cm³/mol. The van der Waals surface area contributed by atoms with Gasteiger partial charge in [0.05, 0.1) is 11.4 Å². The molecule has 2 aliphatic rings. The Morgan fingerprint density at radius 2 is 1.79 bits per heavy atom. The maximum Gasteiger partial charge on any atom is 0.251 e. The van der Waals surface area contributed by atoms with Gasteiger partial charge < -0.3 is 5.32 Å². The second-order valence-electron chi connectivity index (χ2n) is 8.36. The molecule has 0 radical (unpaired) electrons. The van der Waals surface area contributed by atoms with Gasteiger partial charge in [-0.1, -0.05) is 53.7 Å². The fourth-order valence-corrected chi connectivity index (χ4v) is 5.39. The summed E-state index contributed by atoms with van der Waals surface area (Å²) in [6, 6.07) is 20.8. The monoisotopic (exact) mass is 482 g/mol. The van der Waals surface area contributed by atoms with Gasteiger partial charge in [-0.25, -0.2) is 13.8 Å². The summed E-state index contributed by atoms with van der Waals surface area (Å²) in [4.78, 5) is 19.9. The van der Waals surface area contributed by atoms with Crippen LogP contribution in [0.4, 0.5) is 14.5 Å². The van der Waals surface area contributed by atoms with Crippen LogP contribution in [0.1, 0.15) is 47.2 Å². The summed E-state index contributed by atoms with van der Waals surface area (Å²) < 4.78 is 26.9. The van der Waals surface area contributed by atoms with Gasteiger partial charge in [0.2, 0.25) is 5.92 Å². The normalized spacial score (nSPS) is 17.4. The average Bonchev–Trinajstić information content (AvgIpc) is 2.96. The third-order valence-electron chi connectivity index (χ3n) is 5.97. The van der Waals surface area contributed by atoms with Gasteiger partial charge in [-0.15, -0.1) is 0 Å². The van der Waals surface area contributed by atoms with Crippen molar-refractivity contribution >= 4 is 40.7 Å². The Morgan fingerprint density at radius 1 is 1.00 bits per heavy atom. The number of benzene rings is 3. The van der Waals surface area contributed by atoms with E-state index in [1.807, 2.05) is 48.5 Å². The fourth-order valence-electron chi connectivity index (χ4n) is 4.19. The summed E-state index contributed by atoms with van der Waals surface area (Å²) in [6.45, 7) is 0. The molecule has 5 rings (SSSR count). The van der Waals surface area contributed by atoms with E-state index in [1.54, 1.807) is 23.9 Å². The van der Waals surface area contributed by atoms with Crippen LogP contribution in [-0.4, -0.2) is 23.6 Å². The number of amides is 1. The highest BCUT2D eigenvalue weighted by molar-refractivity contribution is 7.99. The van der Waals surface area contributed by atoms with Gasteiger partial charge in [0, 0.05) is 50.4 Å². The van der Waals surface area contributed by atoms with Crippen LogP contribution in [0.3, 0.4) is 0 Å². The van der Waals surface area contributed by atoms with Crippen molar-refractivity contribution in [3.05, 3.63) is 88.4 Å². The number of halogens is 3. The fraction of sp³-hybridized carbons (Fsp3) is 0.231. The molecule has 3 nitrogen and oxygen atoms in total. The number of nitrogens with zero attached hydrogens (tertiary/aromatic N) is 1. The number of fused-ring (bicyclic) bond motifs is 2. The molecule has 0 atom stereocenters. The van der Waals surface area contributed by atoms with Gasteiger partial charge in [-0.2, -0.15) is 0 Å². The van der Waals surface area contributed by atoms with E-state index in [9.17, 15) is 13.6 Å². The van der Waals surface area contributed by atoms with Crippen LogP contribution in [-0.2, 0) is 0 Å².